The largest absolute Gasteiger partial charge is 0.465 e. The second kappa shape index (κ2) is 9.27. The third-order valence-electron chi connectivity index (χ3n) is 3.96. The number of benzene rings is 1. The number of esters is 1. The molecule has 0 aliphatic heterocycles. The summed E-state index contributed by atoms with van der Waals surface area (Å²) < 4.78 is 9.62. The quantitative estimate of drug-likeness (QED) is 0.546. The standard InChI is InChI=1S/C19H19N5O5S/c1-10-15(18(27)28-3)30-19(21-10)23-14(25)7-8-20-17(26)13-6-4-5-12(9-13)16-22-11(2)29-24-16/h4-6,9H,7-8H2,1-3H3,(H,20,26)(H,21,23,25). The third kappa shape index (κ3) is 5.06. The first-order chi connectivity index (χ1) is 14.4. The summed E-state index contributed by atoms with van der Waals surface area (Å²) in [5.74, 6) is -0.345. The molecule has 0 fully saturated rings. The SMILES string of the molecule is COC(=O)c1sc(NC(=O)CCNC(=O)c2cccc(-c3noc(C)n3)c2)nc1C. The number of nitrogens with zero attached hydrogens (tertiary/aromatic N) is 3. The smallest absolute Gasteiger partial charge is 0.350 e. The maximum absolute atomic E-state index is 12.4. The molecule has 156 valence electrons. The lowest BCUT2D eigenvalue weighted by Gasteiger charge is -2.06. The van der Waals surface area contributed by atoms with Crippen molar-refractivity contribution < 1.29 is 23.6 Å². The first kappa shape index (κ1) is 21.1. The number of nitrogens with one attached hydrogen (secondary N) is 2. The summed E-state index contributed by atoms with van der Waals surface area (Å²) in [6.45, 7) is 3.47. The van der Waals surface area contributed by atoms with Gasteiger partial charge in [-0.2, -0.15) is 4.98 Å². The van der Waals surface area contributed by atoms with Crippen molar-refractivity contribution >= 4 is 34.3 Å². The molecule has 0 saturated carbocycles. The Morgan fingerprint density at radius 3 is 2.70 bits per heavy atom. The van der Waals surface area contributed by atoms with Gasteiger partial charge in [-0.15, -0.1) is 0 Å². The van der Waals surface area contributed by atoms with Gasteiger partial charge < -0.3 is 19.9 Å². The Labute approximate surface area is 175 Å². The van der Waals surface area contributed by atoms with Gasteiger partial charge in [0, 0.05) is 31.0 Å². The van der Waals surface area contributed by atoms with Gasteiger partial charge in [0.2, 0.25) is 17.6 Å². The molecule has 10 nitrogen and oxygen atoms in total. The summed E-state index contributed by atoms with van der Waals surface area (Å²) >= 11 is 1.03. The van der Waals surface area contributed by atoms with E-state index >= 15 is 0 Å². The molecular formula is C19H19N5O5S. The molecule has 0 saturated heterocycles. The number of hydrogen-bond donors (Lipinski definition) is 2. The Morgan fingerprint density at radius 2 is 2.00 bits per heavy atom. The fourth-order valence-corrected chi connectivity index (χ4v) is 3.42. The van der Waals surface area contributed by atoms with Gasteiger partial charge in [0.15, 0.2) is 5.13 Å². The summed E-state index contributed by atoms with van der Waals surface area (Å²) in [6, 6.07) is 6.78. The summed E-state index contributed by atoms with van der Waals surface area (Å²) in [7, 11) is 1.28. The lowest BCUT2D eigenvalue weighted by Crippen LogP contribution is -2.27. The topological polar surface area (TPSA) is 136 Å². The van der Waals surface area contributed by atoms with Crippen molar-refractivity contribution in [2.75, 3.05) is 19.0 Å². The van der Waals surface area contributed by atoms with E-state index in [9.17, 15) is 14.4 Å². The van der Waals surface area contributed by atoms with Crippen LogP contribution in [0, 0.1) is 13.8 Å². The fraction of sp³-hybridized carbons (Fsp3) is 0.263. The first-order valence-electron chi connectivity index (χ1n) is 8.92. The summed E-state index contributed by atoms with van der Waals surface area (Å²) in [5, 5.41) is 9.43. The van der Waals surface area contributed by atoms with Crippen LogP contribution in [0.4, 0.5) is 5.13 Å². The molecule has 0 atom stereocenters. The highest BCUT2D eigenvalue weighted by Gasteiger charge is 2.17. The van der Waals surface area contributed by atoms with E-state index in [1.54, 1.807) is 38.1 Å². The van der Waals surface area contributed by atoms with E-state index in [-0.39, 0.29) is 24.8 Å². The summed E-state index contributed by atoms with van der Waals surface area (Å²) in [5.41, 5.74) is 1.54. The number of carbonyl (C=O) groups excluding carboxylic acids is 3. The van der Waals surface area contributed by atoms with Gasteiger partial charge in [-0.25, -0.2) is 9.78 Å². The molecule has 0 bridgehead atoms. The molecule has 0 aliphatic rings. The Balaban J connectivity index is 1.52. The number of ether oxygens (including phenoxy) is 1. The van der Waals surface area contributed by atoms with Crippen molar-refractivity contribution in [1.82, 2.24) is 20.4 Å². The molecule has 11 heteroatoms. The predicted molar refractivity (Wildman–Crippen MR) is 108 cm³/mol. The van der Waals surface area contributed by atoms with E-state index in [1.165, 1.54) is 7.11 Å². The maximum atomic E-state index is 12.4. The molecule has 2 amide bonds. The molecule has 3 aromatic rings. The fourth-order valence-electron chi connectivity index (χ4n) is 2.52. The van der Waals surface area contributed by atoms with E-state index in [2.05, 4.69) is 30.5 Å². The minimum absolute atomic E-state index is 0.0433. The first-order valence-corrected chi connectivity index (χ1v) is 9.73. The highest BCUT2D eigenvalue weighted by Crippen LogP contribution is 2.23. The van der Waals surface area contributed by atoms with E-state index in [0.29, 0.717) is 38.5 Å². The zero-order valence-corrected chi connectivity index (χ0v) is 17.3. The van der Waals surface area contributed by atoms with E-state index in [4.69, 9.17) is 4.52 Å². The minimum Gasteiger partial charge on any atom is -0.465 e. The zero-order valence-electron chi connectivity index (χ0n) is 16.5. The zero-order chi connectivity index (χ0) is 21.7. The summed E-state index contributed by atoms with van der Waals surface area (Å²) in [4.78, 5) is 44.7. The van der Waals surface area contributed by atoms with Crippen LogP contribution in [-0.2, 0) is 9.53 Å². The van der Waals surface area contributed by atoms with Crippen LogP contribution in [0.5, 0.6) is 0 Å². The Kier molecular flexibility index (Phi) is 6.52. The van der Waals surface area contributed by atoms with Crippen molar-refractivity contribution in [2.45, 2.75) is 20.3 Å². The highest BCUT2D eigenvalue weighted by atomic mass is 32.1. The van der Waals surface area contributed by atoms with Gasteiger partial charge in [-0.1, -0.05) is 28.6 Å². The molecule has 2 N–H and O–H groups in total. The van der Waals surface area contributed by atoms with Gasteiger partial charge in [0.25, 0.3) is 5.91 Å². The second-order valence-electron chi connectivity index (χ2n) is 6.20. The number of carbonyl (C=O) groups is 3. The molecule has 2 heterocycles. The number of aryl methyl sites for hydroxylation is 2. The van der Waals surface area contributed by atoms with E-state index in [1.807, 2.05) is 0 Å². The average molecular weight is 429 g/mol. The Morgan fingerprint density at radius 1 is 1.20 bits per heavy atom. The van der Waals surface area contributed by atoms with E-state index < -0.39 is 5.97 Å². The van der Waals surface area contributed by atoms with Crippen LogP contribution in [-0.4, -0.2) is 46.6 Å². The van der Waals surface area contributed by atoms with Gasteiger partial charge in [0.05, 0.1) is 12.8 Å². The normalized spacial score (nSPS) is 10.5. The van der Waals surface area contributed by atoms with Crippen LogP contribution in [0.2, 0.25) is 0 Å². The number of rotatable bonds is 7. The Bertz CT molecular complexity index is 1090. The molecule has 3 rings (SSSR count). The summed E-state index contributed by atoms with van der Waals surface area (Å²) in [6.07, 6.45) is 0.0433. The van der Waals surface area contributed by atoms with Crippen molar-refractivity contribution in [3.05, 3.63) is 46.3 Å². The molecule has 0 radical (unpaired) electrons. The number of aromatic nitrogens is 3. The molecule has 0 unspecified atom stereocenters. The van der Waals surface area contributed by atoms with Gasteiger partial charge in [-0.3, -0.25) is 9.59 Å². The van der Waals surface area contributed by atoms with Crippen molar-refractivity contribution in [3.8, 4) is 11.4 Å². The predicted octanol–water partition coefficient (Wildman–Crippen LogP) is 2.36. The third-order valence-corrected chi connectivity index (χ3v) is 5.01. The molecule has 30 heavy (non-hydrogen) atoms. The van der Waals surface area contributed by atoms with E-state index in [0.717, 1.165) is 11.3 Å². The molecular weight excluding hydrogens is 410 g/mol. The molecule has 0 spiro atoms. The van der Waals surface area contributed by atoms with Crippen molar-refractivity contribution in [2.24, 2.45) is 0 Å². The maximum Gasteiger partial charge on any atom is 0.350 e. The number of thiazole rings is 1. The number of methoxy groups -OCH3 is 1. The van der Waals surface area contributed by atoms with Crippen LogP contribution in [0.15, 0.2) is 28.8 Å². The van der Waals surface area contributed by atoms with Crippen LogP contribution >= 0.6 is 11.3 Å². The van der Waals surface area contributed by atoms with Crippen LogP contribution in [0.1, 0.15) is 38.0 Å². The average Bonchev–Trinajstić information content (AvgIpc) is 3.32. The molecule has 1 aromatic carbocycles. The van der Waals surface area contributed by atoms with Gasteiger partial charge in [0.1, 0.15) is 4.88 Å². The number of hydrogen-bond acceptors (Lipinski definition) is 9. The van der Waals surface area contributed by atoms with Gasteiger partial charge >= 0.3 is 5.97 Å². The molecule has 0 aliphatic carbocycles. The lowest BCUT2D eigenvalue weighted by atomic mass is 10.1. The molecule has 2 aromatic heterocycles. The van der Waals surface area contributed by atoms with Gasteiger partial charge in [-0.05, 0) is 19.1 Å². The van der Waals surface area contributed by atoms with Crippen LogP contribution in [0.25, 0.3) is 11.4 Å². The van der Waals surface area contributed by atoms with Crippen LogP contribution < -0.4 is 10.6 Å². The Hall–Kier alpha value is -3.60. The monoisotopic (exact) mass is 429 g/mol. The second-order valence-corrected chi connectivity index (χ2v) is 7.20. The highest BCUT2D eigenvalue weighted by molar-refractivity contribution is 7.17. The van der Waals surface area contributed by atoms with Crippen molar-refractivity contribution in [1.29, 1.82) is 0 Å². The minimum atomic E-state index is -0.504. The number of amides is 2. The van der Waals surface area contributed by atoms with Crippen LogP contribution in [0.3, 0.4) is 0 Å². The number of anilines is 1. The lowest BCUT2D eigenvalue weighted by molar-refractivity contribution is -0.116. The van der Waals surface area contributed by atoms with Crippen molar-refractivity contribution in [3.63, 3.8) is 0 Å².